The van der Waals surface area contributed by atoms with E-state index in [9.17, 15) is 4.79 Å². The van der Waals surface area contributed by atoms with Gasteiger partial charge in [-0.05, 0) is 36.2 Å². The maximum absolute atomic E-state index is 12.4. The van der Waals surface area contributed by atoms with Crippen molar-refractivity contribution in [2.75, 3.05) is 24.3 Å². The van der Waals surface area contributed by atoms with Crippen molar-refractivity contribution in [3.63, 3.8) is 0 Å². The number of benzene rings is 1. The van der Waals surface area contributed by atoms with Crippen LogP contribution in [0.4, 0.5) is 11.6 Å². The fourth-order valence-electron chi connectivity index (χ4n) is 2.52. The van der Waals surface area contributed by atoms with Gasteiger partial charge >= 0.3 is 0 Å². The molecule has 7 heteroatoms. The summed E-state index contributed by atoms with van der Waals surface area (Å²) in [5, 5.41) is 7.53. The van der Waals surface area contributed by atoms with Gasteiger partial charge in [0.15, 0.2) is 5.76 Å². The van der Waals surface area contributed by atoms with Crippen LogP contribution in [0.3, 0.4) is 0 Å². The molecule has 26 heavy (non-hydrogen) atoms. The first-order valence-electron chi connectivity index (χ1n) is 8.62. The van der Waals surface area contributed by atoms with E-state index >= 15 is 0 Å². The van der Waals surface area contributed by atoms with Crippen molar-refractivity contribution in [2.45, 2.75) is 26.3 Å². The molecule has 3 rings (SSSR count). The van der Waals surface area contributed by atoms with Gasteiger partial charge in [0, 0.05) is 32.7 Å². The molecule has 3 aromatic rings. The van der Waals surface area contributed by atoms with Crippen molar-refractivity contribution in [3.8, 4) is 11.6 Å². The molecule has 0 bridgehead atoms. The first-order valence-corrected chi connectivity index (χ1v) is 8.62. The Labute approximate surface area is 152 Å². The summed E-state index contributed by atoms with van der Waals surface area (Å²) >= 11 is 0. The molecular weight excluding hydrogens is 330 g/mol. The van der Waals surface area contributed by atoms with Gasteiger partial charge in [0.2, 0.25) is 17.7 Å². The highest BCUT2D eigenvalue weighted by Crippen LogP contribution is 2.20. The lowest BCUT2D eigenvalue weighted by Crippen LogP contribution is -2.16. The number of anilines is 2. The Balaban J connectivity index is 1.80. The lowest BCUT2D eigenvalue weighted by molar-refractivity contribution is 0.0888. The van der Waals surface area contributed by atoms with Crippen molar-refractivity contribution in [2.24, 2.45) is 0 Å². The third-order valence-corrected chi connectivity index (χ3v) is 3.95. The average molecular weight is 353 g/mol. The molecule has 2 heterocycles. The largest absolute Gasteiger partial charge is 0.461 e. The average Bonchev–Trinajstić information content (AvgIpc) is 3.30. The molecule has 0 aliphatic heterocycles. The second-order valence-corrected chi connectivity index (χ2v) is 6.21. The fourth-order valence-corrected chi connectivity index (χ4v) is 2.52. The lowest BCUT2D eigenvalue weighted by atomic mass is 10.2. The molecule has 0 aliphatic rings. The van der Waals surface area contributed by atoms with Crippen LogP contribution in [0.5, 0.6) is 0 Å². The molecule has 0 spiro atoms. The van der Waals surface area contributed by atoms with Crippen LogP contribution >= 0.6 is 0 Å². The van der Waals surface area contributed by atoms with Gasteiger partial charge in [-0.1, -0.05) is 19.1 Å². The Bertz CT molecular complexity index is 851. The SMILES string of the molecule is CCCC(=O)n1nc(-c2ccco2)nc1NCc1ccc(N(C)C)cc1. The second-order valence-electron chi connectivity index (χ2n) is 6.21. The molecule has 0 atom stereocenters. The smallest absolute Gasteiger partial charge is 0.250 e. The van der Waals surface area contributed by atoms with Gasteiger partial charge < -0.3 is 14.6 Å². The highest BCUT2D eigenvalue weighted by Gasteiger charge is 2.17. The van der Waals surface area contributed by atoms with Gasteiger partial charge in [0.05, 0.1) is 6.26 Å². The van der Waals surface area contributed by atoms with Crippen LogP contribution in [-0.2, 0) is 6.54 Å². The van der Waals surface area contributed by atoms with E-state index in [0.29, 0.717) is 30.5 Å². The third-order valence-electron chi connectivity index (χ3n) is 3.95. The van der Waals surface area contributed by atoms with Gasteiger partial charge in [-0.15, -0.1) is 5.10 Å². The summed E-state index contributed by atoms with van der Waals surface area (Å²) in [7, 11) is 4.01. The van der Waals surface area contributed by atoms with Crippen LogP contribution in [0.15, 0.2) is 47.1 Å². The first kappa shape index (κ1) is 17.7. The Hall–Kier alpha value is -3.09. The zero-order chi connectivity index (χ0) is 18.5. The number of nitrogens with zero attached hydrogens (tertiary/aromatic N) is 4. The number of furan rings is 1. The number of rotatable bonds is 7. The number of carbonyl (C=O) groups is 1. The van der Waals surface area contributed by atoms with Crippen LogP contribution in [0, 0.1) is 0 Å². The van der Waals surface area contributed by atoms with Gasteiger partial charge in [0.25, 0.3) is 0 Å². The Morgan fingerprint density at radius 2 is 2.00 bits per heavy atom. The van der Waals surface area contributed by atoms with Gasteiger partial charge in [-0.2, -0.15) is 9.67 Å². The molecule has 0 amide bonds. The normalized spacial score (nSPS) is 10.7. The highest BCUT2D eigenvalue weighted by molar-refractivity contribution is 5.81. The topological polar surface area (TPSA) is 76.2 Å². The molecule has 0 saturated heterocycles. The quantitative estimate of drug-likeness (QED) is 0.699. The van der Waals surface area contributed by atoms with Crippen molar-refractivity contribution < 1.29 is 9.21 Å². The minimum absolute atomic E-state index is 0.0942. The van der Waals surface area contributed by atoms with E-state index in [-0.39, 0.29) is 5.91 Å². The second kappa shape index (κ2) is 7.86. The standard InChI is InChI=1S/C19H23N5O2/c1-4-6-17(25)24-19(21-18(22-24)16-7-5-12-26-16)20-13-14-8-10-15(11-9-14)23(2)3/h5,7-12H,4,6,13H2,1-3H3,(H,20,21,22). The summed E-state index contributed by atoms with van der Waals surface area (Å²) in [5.41, 5.74) is 2.22. The lowest BCUT2D eigenvalue weighted by Gasteiger charge is -2.13. The molecule has 1 aromatic carbocycles. The zero-order valence-corrected chi connectivity index (χ0v) is 15.3. The van der Waals surface area contributed by atoms with E-state index in [1.807, 2.05) is 38.1 Å². The number of aromatic nitrogens is 3. The number of hydrogen-bond acceptors (Lipinski definition) is 6. The van der Waals surface area contributed by atoms with Crippen molar-refractivity contribution in [1.29, 1.82) is 0 Å². The van der Waals surface area contributed by atoms with Crippen LogP contribution in [0.1, 0.15) is 30.1 Å². The van der Waals surface area contributed by atoms with E-state index in [4.69, 9.17) is 4.42 Å². The number of hydrogen-bond donors (Lipinski definition) is 1. The van der Waals surface area contributed by atoms with Gasteiger partial charge in [0.1, 0.15) is 0 Å². The Kier molecular flexibility index (Phi) is 5.36. The fraction of sp³-hybridized carbons (Fsp3) is 0.316. The Morgan fingerprint density at radius 1 is 1.23 bits per heavy atom. The van der Waals surface area contributed by atoms with E-state index in [1.54, 1.807) is 18.4 Å². The van der Waals surface area contributed by atoms with Gasteiger partial charge in [-0.3, -0.25) is 4.79 Å². The zero-order valence-electron chi connectivity index (χ0n) is 15.3. The van der Waals surface area contributed by atoms with Crippen molar-refractivity contribution >= 4 is 17.5 Å². The summed E-state index contributed by atoms with van der Waals surface area (Å²) in [6, 6.07) is 11.7. The molecule has 0 unspecified atom stereocenters. The summed E-state index contributed by atoms with van der Waals surface area (Å²) in [5.74, 6) is 1.26. The third kappa shape index (κ3) is 3.93. The van der Waals surface area contributed by atoms with E-state index in [2.05, 4.69) is 27.5 Å². The molecule has 2 aromatic heterocycles. The minimum Gasteiger partial charge on any atom is -0.461 e. The molecule has 0 radical (unpaired) electrons. The van der Waals surface area contributed by atoms with Crippen LogP contribution in [-0.4, -0.2) is 34.8 Å². The summed E-state index contributed by atoms with van der Waals surface area (Å²) in [6.45, 7) is 2.51. The van der Waals surface area contributed by atoms with Crippen molar-refractivity contribution in [1.82, 2.24) is 14.8 Å². The number of nitrogens with one attached hydrogen (secondary N) is 1. The first-order chi connectivity index (χ1) is 12.6. The molecule has 1 N–H and O–H groups in total. The molecule has 136 valence electrons. The summed E-state index contributed by atoms with van der Waals surface area (Å²) < 4.78 is 6.67. The van der Waals surface area contributed by atoms with E-state index in [1.165, 1.54) is 4.68 Å². The van der Waals surface area contributed by atoms with Crippen LogP contribution < -0.4 is 10.2 Å². The molecule has 7 nitrogen and oxygen atoms in total. The molecular formula is C19H23N5O2. The maximum atomic E-state index is 12.4. The molecule has 0 saturated carbocycles. The highest BCUT2D eigenvalue weighted by atomic mass is 16.3. The Morgan fingerprint density at radius 3 is 2.62 bits per heavy atom. The summed E-state index contributed by atoms with van der Waals surface area (Å²) in [4.78, 5) is 18.8. The van der Waals surface area contributed by atoms with Crippen molar-refractivity contribution in [3.05, 3.63) is 48.2 Å². The van der Waals surface area contributed by atoms with E-state index < -0.39 is 0 Å². The molecule has 0 fully saturated rings. The molecule has 0 aliphatic carbocycles. The van der Waals surface area contributed by atoms with Crippen LogP contribution in [0.25, 0.3) is 11.6 Å². The summed E-state index contributed by atoms with van der Waals surface area (Å²) in [6.07, 6.45) is 2.72. The van der Waals surface area contributed by atoms with Crippen LogP contribution in [0.2, 0.25) is 0 Å². The predicted molar refractivity (Wildman–Crippen MR) is 101 cm³/mol. The predicted octanol–water partition coefficient (Wildman–Crippen LogP) is 3.66. The van der Waals surface area contributed by atoms with Gasteiger partial charge in [-0.25, -0.2) is 0 Å². The maximum Gasteiger partial charge on any atom is 0.250 e. The number of carbonyl (C=O) groups excluding carboxylic acids is 1. The minimum atomic E-state index is -0.0942. The monoisotopic (exact) mass is 353 g/mol. The van der Waals surface area contributed by atoms with E-state index in [0.717, 1.165) is 17.7 Å².